The number of carbonyl (C=O) groups is 1. The number of ether oxygens (including phenoxy) is 2. The Kier molecular flexibility index (Phi) is 6.10. The van der Waals surface area contributed by atoms with E-state index in [1.165, 1.54) is 0 Å². The lowest BCUT2D eigenvalue weighted by Crippen LogP contribution is -2.36. The Morgan fingerprint density at radius 1 is 1.12 bits per heavy atom. The van der Waals surface area contributed by atoms with E-state index in [0.29, 0.717) is 6.54 Å². The molecule has 0 aliphatic heterocycles. The van der Waals surface area contributed by atoms with Gasteiger partial charge in [-0.1, -0.05) is 24.3 Å². The monoisotopic (exact) mass is 439 g/mol. The van der Waals surface area contributed by atoms with Crippen molar-refractivity contribution in [3.8, 4) is 5.75 Å². The van der Waals surface area contributed by atoms with Crippen molar-refractivity contribution in [3.05, 3.63) is 57.7 Å². The number of amides is 1. The molecule has 0 aliphatic carbocycles. The summed E-state index contributed by atoms with van der Waals surface area (Å²) in [4.78, 5) is 14.4. The molecule has 24 heavy (non-hydrogen) atoms. The molecule has 4 nitrogen and oxygen atoms in total. The highest BCUT2D eigenvalue weighted by Gasteiger charge is 2.25. The zero-order valence-corrected chi connectivity index (χ0v) is 16.5. The fourth-order valence-electron chi connectivity index (χ4n) is 2.19. The lowest BCUT2D eigenvalue weighted by Gasteiger charge is -2.28. The van der Waals surface area contributed by atoms with Gasteiger partial charge in [-0.05, 0) is 73.2 Å². The van der Waals surface area contributed by atoms with Gasteiger partial charge in [0.25, 0.3) is 0 Å². The molecule has 0 aromatic heterocycles. The average molecular weight is 439 g/mol. The van der Waals surface area contributed by atoms with E-state index < -0.39 is 5.60 Å². The second-order valence-electron chi connectivity index (χ2n) is 6.37. The summed E-state index contributed by atoms with van der Waals surface area (Å²) in [5, 5.41) is 0. The van der Waals surface area contributed by atoms with E-state index >= 15 is 0 Å². The molecule has 128 valence electrons. The van der Waals surface area contributed by atoms with Crippen LogP contribution in [0.4, 0.5) is 10.5 Å². The van der Waals surface area contributed by atoms with Crippen LogP contribution in [-0.4, -0.2) is 18.8 Å². The van der Waals surface area contributed by atoms with Crippen molar-refractivity contribution in [2.24, 2.45) is 0 Å². The zero-order chi connectivity index (χ0) is 17.7. The summed E-state index contributed by atoms with van der Waals surface area (Å²) in [7, 11) is 1.63. The molecule has 0 atom stereocenters. The Labute approximate surface area is 156 Å². The molecule has 0 N–H and O–H groups in total. The summed E-state index contributed by atoms with van der Waals surface area (Å²) in [6, 6.07) is 15.4. The number of rotatable bonds is 4. The predicted octanol–water partition coefficient (Wildman–Crippen LogP) is 5.24. The molecule has 0 saturated heterocycles. The highest BCUT2D eigenvalue weighted by atomic mass is 127. The molecule has 0 aliphatic rings. The van der Waals surface area contributed by atoms with Crippen LogP contribution < -0.4 is 9.64 Å². The number of nitrogens with zero attached hydrogens (tertiary/aromatic N) is 1. The maximum Gasteiger partial charge on any atom is 0.415 e. The van der Waals surface area contributed by atoms with Gasteiger partial charge in [0.05, 0.1) is 19.3 Å². The number of hydrogen-bond donors (Lipinski definition) is 0. The SMILES string of the molecule is COc1cccc(CN(C(=O)OC(C)(C)C)c2ccccc2I)c1. The average Bonchev–Trinajstić information content (AvgIpc) is 2.52. The van der Waals surface area contributed by atoms with Crippen LogP contribution in [-0.2, 0) is 11.3 Å². The summed E-state index contributed by atoms with van der Waals surface area (Å²) in [5.41, 5.74) is 1.25. The fraction of sp³-hybridized carbons (Fsp3) is 0.316. The van der Waals surface area contributed by atoms with E-state index in [9.17, 15) is 4.79 Å². The number of halogens is 1. The Morgan fingerprint density at radius 3 is 2.46 bits per heavy atom. The van der Waals surface area contributed by atoms with Crippen molar-refractivity contribution in [1.82, 2.24) is 0 Å². The molecule has 0 bridgehead atoms. The maximum absolute atomic E-state index is 12.7. The second-order valence-corrected chi connectivity index (χ2v) is 7.53. The molecule has 0 unspecified atom stereocenters. The minimum atomic E-state index is -0.552. The summed E-state index contributed by atoms with van der Waals surface area (Å²) >= 11 is 2.23. The predicted molar refractivity (Wildman–Crippen MR) is 105 cm³/mol. The van der Waals surface area contributed by atoms with Gasteiger partial charge in [0.2, 0.25) is 0 Å². The molecule has 5 heteroatoms. The largest absolute Gasteiger partial charge is 0.497 e. The van der Waals surface area contributed by atoms with Crippen LogP contribution in [0.1, 0.15) is 26.3 Å². The van der Waals surface area contributed by atoms with Gasteiger partial charge >= 0.3 is 6.09 Å². The third kappa shape index (κ3) is 5.12. The van der Waals surface area contributed by atoms with E-state index in [0.717, 1.165) is 20.6 Å². The molecule has 2 aromatic rings. The summed E-state index contributed by atoms with van der Waals surface area (Å²) in [6.07, 6.45) is -0.366. The molecule has 1 amide bonds. The molecule has 0 heterocycles. The van der Waals surface area contributed by atoms with Crippen LogP contribution >= 0.6 is 22.6 Å². The van der Waals surface area contributed by atoms with Crippen LogP contribution in [0, 0.1) is 3.57 Å². The molecule has 0 saturated carbocycles. The number of anilines is 1. The Morgan fingerprint density at radius 2 is 1.83 bits per heavy atom. The van der Waals surface area contributed by atoms with Gasteiger partial charge in [-0.3, -0.25) is 4.90 Å². The number of benzene rings is 2. The van der Waals surface area contributed by atoms with Crippen LogP contribution in [0.15, 0.2) is 48.5 Å². The normalized spacial score (nSPS) is 11.0. The number of hydrogen-bond acceptors (Lipinski definition) is 3. The first-order valence-electron chi connectivity index (χ1n) is 7.68. The van der Waals surface area contributed by atoms with Crippen LogP contribution in [0.5, 0.6) is 5.75 Å². The van der Waals surface area contributed by atoms with Crippen molar-refractivity contribution in [2.45, 2.75) is 32.9 Å². The zero-order valence-electron chi connectivity index (χ0n) is 14.4. The van der Waals surface area contributed by atoms with Crippen LogP contribution in [0.3, 0.4) is 0 Å². The molecule has 0 spiro atoms. The minimum absolute atomic E-state index is 0.366. The van der Waals surface area contributed by atoms with Gasteiger partial charge in [0, 0.05) is 3.57 Å². The van der Waals surface area contributed by atoms with E-state index in [1.807, 2.05) is 69.3 Å². The maximum atomic E-state index is 12.7. The molecular weight excluding hydrogens is 417 g/mol. The number of carbonyl (C=O) groups excluding carboxylic acids is 1. The topological polar surface area (TPSA) is 38.8 Å². The smallest absolute Gasteiger partial charge is 0.415 e. The first-order chi connectivity index (χ1) is 11.3. The standard InChI is InChI=1S/C19H22INO3/c1-19(2,3)24-18(22)21(17-11-6-5-10-16(17)20)13-14-8-7-9-15(12-14)23-4/h5-12H,13H2,1-4H3. The quantitative estimate of drug-likeness (QED) is 0.612. The van der Waals surface area contributed by atoms with E-state index in [1.54, 1.807) is 12.0 Å². The summed E-state index contributed by atoms with van der Waals surface area (Å²) < 4.78 is 11.9. The number of methoxy groups -OCH3 is 1. The van der Waals surface area contributed by atoms with Crippen LogP contribution in [0.2, 0.25) is 0 Å². The molecule has 0 radical (unpaired) electrons. The van der Waals surface area contributed by atoms with Gasteiger partial charge in [-0.15, -0.1) is 0 Å². The molecule has 0 fully saturated rings. The van der Waals surface area contributed by atoms with E-state index in [-0.39, 0.29) is 6.09 Å². The highest BCUT2D eigenvalue weighted by molar-refractivity contribution is 14.1. The summed E-state index contributed by atoms with van der Waals surface area (Å²) in [6.45, 7) is 6.01. The third-order valence-electron chi connectivity index (χ3n) is 3.23. The summed E-state index contributed by atoms with van der Waals surface area (Å²) in [5.74, 6) is 0.763. The van der Waals surface area contributed by atoms with Gasteiger partial charge in [0.1, 0.15) is 11.4 Å². The minimum Gasteiger partial charge on any atom is -0.497 e. The third-order valence-corrected chi connectivity index (χ3v) is 4.14. The van der Waals surface area contributed by atoms with Crippen molar-refractivity contribution in [2.75, 3.05) is 12.0 Å². The first-order valence-corrected chi connectivity index (χ1v) is 8.76. The lowest BCUT2D eigenvalue weighted by molar-refractivity contribution is 0.0577. The number of para-hydroxylation sites is 1. The van der Waals surface area contributed by atoms with Crippen molar-refractivity contribution in [1.29, 1.82) is 0 Å². The molecule has 2 rings (SSSR count). The molecule has 2 aromatic carbocycles. The van der Waals surface area contributed by atoms with Crippen molar-refractivity contribution < 1.29 is 14.3 Å². The second kappa shape index (κ2) is 7.88. The Bertz CT molecular complexity index is 710. The lowest BCUT2D eigenvalue weighted by atomic mass is 10.2. The Balaban J connectivity index is 2.35. The van der Waals surface area contributed by atoms with E-state index in [2.05, 4.69) is 22.6 Å². The van der Waals surface area contributed by atoms with E-state index in [4.69, 9.17) is 9.47 Å². The van der Waals surface area contributed by atoms with Crippen LogP contribution in [0.25, 0.3) is 0 Å². The van der Waals surface area contributed by atoms with Crippen molar-refractivity contribution in [3.63, 3.8) is 0 Å². The fourth-order valence-corrected chi connectivity index (χ4v) is 2.87. The Hall–Kier alpha value is -1.76. The first kappa shape index (κ1) is 18.6. The van der Waals surface area contributed by atoms with Gasteiger partial charge < -0.3 is 9.47 Å². The highest BCUT2D eigenvalue weighted by Crippen LogP contribution is 2.26. The molecular formula is C19H22INO3. The van der Waals surface area contributed by atoms with Crippen molar-refractivity contribution >= 4 is 34.4 Å². The van der Waals surface area contributed by atoms with Gasteiger partial charge in [0.15, 0.2) is 0 Å². The van der Waals surface area contributed by atoms with Gasteiger partial charge in [-0.2, -0.15) is 0 Å². The van der Waals surface area contributed by atoms with Gasteiger partial charge in [-0.25, -0.2) is 4.79 Å².